The van der Waals surface area contributed by atoms with Gasteiger partial charge in [0.25, 0.3) is 11.8 Å². The lowest BCUT2D eigenvalue weighted by Crippen LogP contribution is -2.51. The number of aromatic nitrogens is 2. The van der Waals surface area contributed by atoms with Crippen molar-refractivity contribution in [3.05, 3.63) is 65.8 Å². The van der Waals surface area contributed by atoms with E-state index in [0.717, 1.165) is 37.0 Å². The molecule has 0 unspecified atom stereocenters. The van der Waals surface area contributed by atoms with Gasteiger partial charge < -0.3 is 15.0 Å². The van der Waals surface area contributed by atoms with Crippen LogP contribution in [0.25, 0.3) is 0 Å². The average Bonchev–Trinajstić information content (AvgIpc) is 2.79. The molecular formula is C24H28N4O3. The summed E-state index contributed by atoms with van der Waals surface area (Å²) in [5, 5.41) is 3.04. The molecule has 3 heterocycles. The summed E-state index contributed by atoms with van der Waals surface area (Å²) < 4.78 is 5.75. The van der Waals surface area contributed by atoms with E-state index in [4.69, 9.17) is 4.74 Å². The Morgan fingerprint density at radius 3 is 3.00 bits per heavy atom. The first-order valence-corrected chi connectivity index (χ1v) is 10.7. The molecule has 1 atom stereocenters. The van der Waals surface area contributed by atoms with E-state index in [0.29, 0.717) is 30.9 Å². The lowest BCUT2D eigenvalue weighted by molar-refractivity contribution is -0.123. The van der Waals surface area contributed by atoms with Crippen LogP contribution in [0.4, 0.5) is 0 Å². The third-order valence-electron chi connectivity index (χ3n) is 6.14. The Morgan fingerprint density at radius 1 is 1.26 bits per heavy atom. The zero-order chi connectivity index (χ0) is 21.7. The second-order valence-corrected chi connectivity index (χ2v) is 8.40. The van der Waals surface area contributed by atoms with Gasteiger partial charge in [0.05, 0.1) is 11.3 Å². The normalized spacial score (nSPS) is 23.0. The minimum atomic E-state index is -0.206. The van der Waals surface area contributed by atoms with Crippen molar-refractivity contribution in [2.24, 2.45) is 5.41 Å². The van der Waals surface area contributed by atoms with Gasteiger partial charge in [0.15, 0.2) is 6.61 Å². The lowest BCUT2D eigenvalue weighted by Gasteiger charge is -2.43. The fourth-order valence-electron chi connectivity index (χ4n) is 4.37. The zero-order valence-electron chi connectivity index (χ0n) is 17.8. The number of carbonyl (C=O) groups excluding carboxylic acids is 2. The topological polar surface area (TPSA) is 84.4 Å². The highest BCUT2D eigenvalue weighted by atomic mass is 16.5. The summed E-state index contributed by atoms with van der Waals surface area (Å²) >= 11 is 0. The van der Waals surface area contributed by atoms with Gasteiger partial charge in [-0.2, -0.15) is 0 Å². The van der Waals surface area contributed by atoms with Crippen molar-refractivity contribution in [3.8, 4) is 5.75 Å². The van der Waals surface area contributed by atoms with E-state index < -0.39 is 0 Å². The van der Waals surface area contributed by atoms with Gasteiger partial charge in [-0.05, 0) is 44.2 Å². The van der Waals surface area contributed by atoms with Crippen LogP contribution in [-0.4, -0.2) is 52.9 Å². The Labute approximate surface area is 182 Å². The molecular weight excluding hydrogens is 392 g/mol. The number of carbonyl (C=O) groups is 2. The largest absolute Gasteiger partial charge is 0.483 e. The number of nitrogens with zero attached hydrogens (tertiary/aromatic N) is 3. The Kier molecular flexibility index (Phi) is 6.30. The van der Waals surface area contributed by atoms with Crippen LogP contribution in [-0.2, 0) is 11.2 Å². The van der Waals surface area contributed by atoms with Crippen molar-refractivity contribution >= 4 is 11.8 Å². The monoisotopic (exact) mass is 420 g/mol. The minimum absolute atomic E-state index is 0.0139. The molecule has 0 radical (unpaired) electrons. The summed E-state index contributed by atoms with van der Waals surface area (Å²) in [4.78, 5) is 35.7. The van der Waals surface area contributed by atoms with Gasteiger partial charge in [-0.1, -0.05) is 30.4 Å². The number of aryl methyl sites for hydroxylation is 1. The molecule has 31 heavy (non-hydrogen) atoms. The van der Waals surface area contributed by atoms with Crippen LogP contribution >= 0.6 is 0 Å². The molecule has 7 heteroatoms. The first kappa shape index (κ1) is 21.0. The third-order valence-corrected chi connectivity index (χ3v) is 6.14. The maximum atomic E-state index is 13.1. The number of likely N-dealkylation sites (tertiary alicyclic amines) is 1. The maximum Gasteiger partial charge on any atom is 0.257 e. The molecule has 2 aliphatic heterocycles. The number of para-hydroxylation sites is 1. The Morgan fingerprint density at radius 2 is 2.13 bits per heavy atom. The Bertz CT molecular complexity index is 990. The summed E-state index contributed by atoms with van der Waals surface area (Å²) in [6, 6.07) is 7.80. The fraction of sp³-hybridized carbons (Fsp3) is 0.417. The highest BCUT2D eigenvalue weighted by Crippen LogP contribution is 2.34. The molecule has 7 nitrogen and oxygen atoms in total. The van der Waals surface area contributed by atoms with Crippen molar-refractivity contribution in [2.45, 2.75) is 32.6 Å². The molecule has 4 rings (SSSR count). The molecule has 1 aromatic carbocycles. The van der Waals surface area contributed by atoms with Gasteiger partial charge in [0, 0.05) is 31.2 Å². The number of allylic oxidation sites excluding steroid dienone is 2. The molecule has 1 fully saturated rings. The molecule has 0 bridgehead atoms. The third kappa shape index (κ3) is 4.93. The highest BCUT2D eigenvalue weighted by molar-refractivity contribution is 5.95. The van der Waals surface area contributed by atoms with Gasteiger partial charge in [0.2, 0.25) is 0 Å². The van der Waals surface area contributed by atoms with Crippen molar-refractivity contribution in [1.29, 1.82) is 0 Å². The van der Waals surface area contributed by atoms with Gasteiger partial charge in [-0.15, -0.1) is 0 Å². The number of benzene rings is 1. The number of nitrogens with one attached hydrogen (secondary N) is 1. The number of rotatable bonds is 1. The number of amides is 2. The first-order valence-electron chi connectivity index (χ1n) is 10.7. The van der Waals surface area contributed by atoms with Crippen molar-refractivity contribution < 1.29 is 14.3 Å². The van der Waals surface area contributed by atoms with Crippen LogP contribution in [0.5, 0.6) is 5.75 Å². The van der Waals surface area contributed by atoms with Crippen molar-refractivity contribution in [3.63, 3.8) is 0 Å². The van der Waals surface area contributed by atoms with Crippen LogP contribution in [0, 0.1) is 12.3 Å². The molecule has 0 aliphatic carbocycles. The number of hydrogen-bond donors (Lipinski definition) is 1. The van der Waals surface area contributed by atoms with Gasteiger partial charge in [-0.3, -0.25) is 9.59 Å². The second-order valence-electron chi connectivity index (χ2n) is 8.40. The number of hydrogen-bond acceptors (Lipinski definition) is 5. The summed E-state index contributed by atoms with van der Waals surface area (Å²) in [5.74, 6) is 0.554. The molecule has 2 aliphatic rings. The van der Waals surface area contributed by atoms with E-state index in [9.17, 15) is 9.59 Å². The molecule has 1 saturated heterocycles. The van der Waals surface area contributed by atoms with E-state index in [1.807, 2.05) is 36.1 Å². The molecule has 2 aromatic rings. The lowest BCUT2D eigenvalue weighted by atomic mass is 9.76. The van der Waals surface area contributed by atoms with E-state index in [2.05, 4.69) is 27.4 Å². The quantitative estimate of drug-likeness (QED) is 0.717. The summed E-state index contributed by atoms with van der Waals surface area (Å²) in [7, 11) is 0. The van der Waals surface area contributed by atoms with Crippen LogP contribution in [0.1, 0.15) is 40.9 Å². The van der Waals surface area contributed by atoms with E-state index in [1.54, 1.807) is 6.20 Å². The predicted octanol–water partition coefficient (Wildman–Crippen LogP) is 2.71. The Balaban J connectivity index is 1.54. The summed E-state index contributed by atoms with van der Waals surface area (Å²) in [5.41, 5.74) is 2.07. The molecule has 162 valence electrons. The number of ether oxygens (including phenoxy) is 1. The van der Waals surface area contributed by atoms with Gasteiger partial charge in [0.1, 0.15) is 12.1 Å². The van der Waals surface area contributed by atoms with Crippen molar-refractivity contribution in [1.82, 2.24) is 20.2 Å². The maximum absolute atomic E-state index is 13.1. The van der Waals surface area contributed by atoms with Gasteiger partial charge >= 0.3 is 0 Å². The van der Waals surface area contributed by atoms with E-state index in [-0.39, 0.29) is 23.8 Å². The van der Waals surface area contributed by atoms with Crippen molar-refractivity contribution in [2.75, 3.05) is 26.2 Å². The molecule has 1 spiro atoms. The minimum Gasteiger partial charge on any atom is -0.483 e. The molecule has 0 saturated carbocycles. The van der Waals surface area contributed by atoms with Crippen LogP contribution < -0.4 is 10.1 Å². The number of fused-ring (bicyclic) bond motifs is 1. The van der Waals surface area contributed by atoms with Crippen LogP contribution in [0.15, 0.2) is 48.9 Å². The second kappa shape index (κ2) is 9.29. The standard InChI is InChI=1S/C24H28N4O3/c1-18-20(13-25-17-27-18)23(30)28-12-6-11-24(16-28)10-5-4-8-19-7-2-3-9-21(19)31-14-22(29)26-15-24/h2-5,7,9,13,17H,6,8,10-12,14-16H2,1H3,(H,26,29)/b5-4+/t24-/m1/s1. The average molecular weight is 421 g/mol. The van der Waals surface area contributed by atoms with Crippen LogP contribution in [0.2, 0.25) is 0 Å². The van der Waals surface area contributed by atoms with E-state index >= 15 is 0 Å². The first-order chi connectivity index (χ1) is 15.1. The predicted molar refractivity (Wildman–Crippen MR) is 117 cm³/mol. The smallest absolute Gasteiger partial charge is 0.257 e. The zero-order valence-corrected chi connectivity index (χ0v) is 17.8. The number of piperidine rings is 1. The SMILES string of the molecule is Cc1ncncc1C(=O)N1CCC[C@@]2(C/C=C/Cc3ccccc3OCC(=O)NC2)C1. The highest BCUT2D eigenvalue weighted by Gasteiger charge is 2.37. The summed E-state index contributed by atoms with van der Waals surface area (Å²) in [6.07, 6.45) is 10.8. The van der Waals surface area contributed by atoms with E-state index in [1.165, 1.54) is 6.33 Å². The summed E-state index contributed by atoms with van der Waals surface area (Å²) in [6.45, 7) is 3.60. The molecule has 1 N–H and O–H groups in total. The molecule has 2 amide bonds. The Hall–Kier alpha value is -3.22. The fourth-order valence-corrected chi connectivity index (χ4v) is 4.37. The van der Waals surface area contributed by atoms with Gasteiger partial charge in [-0.25, -0.2) is 9.97 Å². The van der Waals surface area contributed by atoms with Crippen LogP contribution in [0.3, 0.4) is 0 Å². The molecule has 1 aromatic heterocycles.